The fraction of sp³-hybridized carbons (Fsp3) is 0.467. The van der Waals surface area contributed by atoms with E-state index in [0.717, 1.165) is 12.1 Å². The molecule has 0 aromatic heterocycles. The van der Waals surface area contributed by atoms with Gasteiger partial charge in [0.1, 0.15) is 11.4 Å². The van der Waals surface area contributed by atoms with Gasteiger partial charge in [-0.1, -0.05) is 6.07 Å². The minimum Gasteiger partial charge on any atom is -0.444 e. The van der Waals surface area contributed by atoms with E-state index in [1.807, 2.05) is 0 Å². The van der Waals surface area contributed by atoms with Crippen molar-refractivity contribution in [2.75, 3.05) is 5.32 Å². The van der Waals surface area contributed by atoms with Crippen molar-refractivity contribution >= 4 is 17.6 Å². The van der Waals surface area contributed by atoms with Crippen LogP contribution in [0.3, 0.4) is 0 Å². The number of rotatable bonds is 3. The molecule has 0 aliphatic heterocycles. The Kier molecular flexibility index (Phi) is 5.22. The normalized spacial score (nSPS) is 12.0. The van der Waals surface area contributed by atoms with E-state index in [1.54, 1.807) is 20.8 Å². The molecule has 122 valence electrons. The number of benzene rings is 1. The zero-order chi connectivity index (χ0) is 17.1. The van der Waals surface area contributed by atoms with Gasteiger partial charge in [-0.15, -0.1) is 0 Å². The van der Waals surface area contributed by atoms with Crippen LogP contribution >= 0.6 is 0 Å². The fourth-order valence-corrected chi connectivity index (χ4v) is 1.71. The van der Waals surface area contributed by atoms with Crippen molar-refractivity contribution in [1.29, 1.82) is 0 Å². The Morgan fingerprint density at radius 3 is 2.23 bits per heavy atom. The maximum absolute atomic E-state index is 12.8. The van der Waals surface area contributed by atoms with E-state index in [2.05, 4.69) is 5.32 Å². The molecule has 0 aliphatic carbocycles. The Hall–Kier alpha value is -2.05. The zero-order valence-electron chi connectivity index (χ0n) is 12.8. The van der Waals surface area contributed by atoms with E-state index in [4.69, 9.17) is 4.74 Å². The standard InChI is InChI=1S/C15H18F3NO3/c1-9(20)7-10-5-6-11(15(16,17)18)8-12(10)19-13(21)22-14(2,3)4/h5-6,8H,7H2,1-4H3,(H,19,21). The lowest BCUT2D eigenvalue weighted by Gasteiger charge is -2.21. The molecular formula is C15H18F3NO3. The summed E-state index contributed by atoms with van der Waals surface area (Å²) in [5.74, 6) is -0.230. The second kappa shape index (κ2) is 6.37. The molecule has 0 spiro atoms. The van der Waals surface area contributed by atoms with Gasteiger partial charge in [-0.3, -0.25) is 10.1 Å². The molecule has 22 heavy (non-hydrogen) atoms. The number of ether oxygens (including phenoxy) is 1. The first-order valence-corrected chi connectivity index (χ1v) is 6.58. The lowest BCUT2D eigenvalue weighted by Crippen LogP contribution is -2.27. The van der Waals surface area contributed by atoms with Gasteiger partial charge >= 0.3 is 12.3 Å². The highest BCUT2D eigenvalue weighted by Gasteiger charge is 2.31. The summed E-state index contributed by atoms with van der Waals surface area (Å²) in [6.45, 7) is 6.22. The average molecular weight is 317 g/mol. The Balaban J connectivity index is 3.11. The van der Waals surface area contributed by atoms with E-state index in [0.29, 0.717) is 5.56 Å². The predicted molar refractivity (Wildman–Crippen MR) is 75.7 cm³/mol. The summed E-state index contributed by atoms with van der Waals surface area (Å²) in [6, 6.07) is 2.84. The van der Waals surface area contributed by atoms with Crippen LogP contribution in [0.5, 0.6) is 0 Å². The van der Waals surface area contributed by atoms with Crippen molar-refractivity contribution in [3.05, 3.63) is 29.3 Å². The summed E-state index contributed by atoms with van der Waals surface area (Å²) >= 11 is 0. The van der Waals surface area contributed by atoms with Gasteiger partial charge in [0.15, 0.2) is 0 Å². The molecule has 1 N–H and O–H groups in total. The topological polar surface area (TPSA) is 55.4 Å². The van der Waals surface area contributed by atoms with Crippen molar-refractivity contribution in [1.82, 2.24) is 0 Å². The number of halogens is 3. The lowest BCUT2D eigenvalue weighted by molar-refractivity contribution is -0.137. The number of amides is 1. The summed E-state index contributed by atoms with van der Waals surface area (Å²) in [5, 5.41) is 2.27. The second-order valence-corrected chi connectivity index (χ2v) is 5.88. The number of carbonyl (C=O) groups excluding carboxylic acids is 2. The van der Waals surface area contributed by atoms with Crippen molar-refractivity contribution in [3.8, 4) is 0 Å². The molecule has 1 aromatic rings. The Labute approximate surface area is 126 Å². The summed E-state index contributed by atoms with van der Waals surface area (Å²) in [5.41, 5.74) is -1.48. The first-order valence-electron chi connectivity index (χ1n) is 6.58. The van der Waals surface area contributed by atoms with E-state index in [-0.39, 0.29) is 17.9 Å². The third-order valence-electron chi connectivity index (χ3n) is 2.51. The quantitative estimate of drug-likeness (QED) is 0.909. The van der Waals surface area contributed by atoms with E-state index in [9.17, 15) is 22.8 Å². The molecular weight excluding hydrogens is 299 g/mol. The first-order chi connectivity index (χ1) is 9.88. The number of anilines is 1. The number of hydrogen-bond donors (Lipinski definition) is 1. The average Bonchev–Trinajstić information content (AvgIpc) is 2.26. The van der Waals surface area contributed by atoms with Crippen LogP contribution in [0.2, 0.25) is 0 Å². The second-order valence-electron chi connectivity index (χ2n) is 5.88. The van der Waals surface area contributed by atoms with E-state index in [1.165, 1.54) is 13.0 Å². The van der Waals surface area contributed by atoms with Crippen molar-refractivity contribution in [2.45, 2.75) is 45.9 Å². The van der Waals surface area contributed by atoms with Crippen molar-refractivity contribution in [3.63, 3.8) is 0 Å². The molecule has 0 saturated heterocycles. The molecule has 0 saturated carbocycles. The Morgan fingerprint density at radius 1 is 1.18 bits per heavy atom. The molecule has 0 radical (unpaired) electrons. The number of alkyl halides is 3. The number of Topliss-reactive ketones (excluding diaryl/α,β-unsaturated/α-hetero) is 1. The highest BCUT2D eigenvalue weighted by Crippen LogP contribution is 2.32. The maximum Gasteiger partial charge on any atom is 0.416 e. The minimum atomic E-state index is -4.54. The molecule has 1 amide bonds. The Bertz CT molecular complexity index is 574. The third-order valence-corrected chi connectivity index (χ3v) is 2.51. The summed E-state index contributed by atoms with van der Waals surface area (Å²) in [4.78, 5) is 22.9. The predicted octanol–water partition coefficient (Wildman–Crippen LogP) is 4.18. The van der Waals surface area contributed by atoms with Gasteiger partial charge in [0.25, 0.3) is 0 Å². The van der Waals surface area contributed by atoms with Crippen LogP contribution in [0.1, 0.15) is 38.8 Å². The highest BCUT2D eigenvalue weighted by molar-refractivity contribution is 5.88. The first kappa shape index (κ1) is 18.0. The van der Waals surface area contributed by atoms with Crippen LogP contribution in [0.4, 0.5) is 23.7 Å². The molecule has 0 fully saturated rings. The number of hydrogen-bond acceptors (Lipinski definition) is 3. The number of carbonyl (C=O) groups is 2. The third kappa shape index (κ3) is 5.75. The van der Waals surface area contributed by atoms with Crippen LogP contribution in [-0.2, 0) is 22.1 Å². The van der Waals surface area contributed by atoms with Crippen molar-refractivity contribution < 1.29 is 27.5 Å². The lowest BCUT2D eigenvalue weighted by atomic mass is 10.0. The van der Waals surface area contributed by atoms with Crippen LogP contribution < -0.4 is 5.32 Å². The SMILES string of the molecule is CC(=O)Cc1ccc(C(F)(F)F)cc1NC(=O)OC(C)(C)C. The highest BCUT2D eigenvalue weighted by atomic mass is 19.4. The molecule has 1 aromatic carbocycles. The summed E-state index contributed by atoms with van der Waals surface area (Å²) in [6.07, 6.45) is -5.50. The monoisotopic (exact) mass is 317 g/mol. The fourth-order valence-electron chi connectivity index (χ4n) is 1.71. The summed E-state index contributed by atoms with van der Waals surface area (Å²) in [7, 11) is 0. The Morgan fingerprint density at radius 2 is 1.77 bits per heavy atom. The van der Waals surface area contributed by atoms with Crippen LogP contribution in [0, 0.1) is 0 Å². The van der Waals surface area contributed by atoms with Gasteiger partial charge in [0, 0.05) is 12.1 Å². The van der Waals surface area contributed by atoms with Gasteiger partial charge in [0.05, 0.1) is 5.56 Å². The van der Waals surface area contributed by atoms with Crippen molar-refractivity contribution in [2.24, 2.45) is 0 Å². The molecule has 0 heterocycles. The number of nitrogens with one attached hydrogen (secondary N) is 1. The van der Waals surface area contributed by atoms with E-state index >= 15 is 0 Å². The van der Waals surface area contributed by atoms with Crippen LogP contribution in [-0.4, -0.2) is 17.5 Å². The molecule has 0 unspecified atom stereocenters. The number of ketones is 1. The largest absolute Gasteiger partial charge is 0.444 e. The molecule has 0 atom stereocenters. The molecule has 0 bridgehead atoms. The zero-order valence-corrected chi connectivity index (χ0v) is 12.8. The van der Waals surface area contributed by atoms with Crippen LogP contribution in [0.25, 0.3) is 0 Å². The molecule has 0 aliphatic rings. The molecule has 7 heteroatoms. The van der Waals surface area contributed by atoms with Gasteiger partial charge in [-0.2, -0.15) is 13.2 Å². The van der Waals surface area contributed by atoms with Gasteiger partial charge in [-0.05, 0) is 45.4 Å². The van der Waals surface area contributed by atoms with Gasteiger partial charge in [0.2, 0.25) is 0 Å². The van der Waals surface area contributed by atoms with E-state index < -0.39 is 23.4 Å². The summed E-state index contributed by atoms with van der Waals surface area (Å²) < 4.78 is 43.3. The van der Waals surface area contributed by atoms with Gasteiger partial charge in [-0.25, -0.2) is 4.79 Å². The minimum absolute atomic E-state index is 0.0801. The van der Waals surface area contributed by atoms with Gasteiger partial charge < -0.3 is 4.74 Å². The maximum atomic E-state index is 12.8. The van der Waals surface area contributed by atoms with Crippen LogP contribution in [0.15, 0.2) is 18.2 Å². The molecule has 4 nitrogen and oxygen atoms in total. The molecule has 1 rings (SSSR count). The smallest absolute Gasteiger partial charge is 0.416 e.